The second-order valence-corrected chi connectivity index (χ2v) is 11.4. The van der Waals surface area contributed by atoms with Crippen LogP contribution in [0.4, 0.5) is 17.1 Å². The second-order valence-electron chi connectivity index (χ2n) is 11.4. The topological polar surface area (TPSA) is 21.3 Å². The number of hydrogen-bond donors (Lipinski definition) is 0. The highest BCUT2D eigenvalue weighted by atomic mass is 16.3. The molecule has 0 radical (unpaired) electrons. The fraction of sp³-hybridized carbons (Fsp3) is 0. The number of para-hydroxylation sites is 5. The van der Waals surface area contributed by atoms with Gasteiger partial charge in [0, 0.05) is 49.9 Å². The molecule has 0 fully saturated rings. The molecule has 3 heteroatoms. The number of hydrogen-bond acceptors (Lipinski definition) is 2. The van der Waals surface area contributed by atoms with Gasteiger partial charge in [0.2, 0.25) is 0 Å². The molecule has 9 aromatic rings. The highest BCUT2D eigenvalue weighted by Gasteiger charge is 2.20. The molecule has 212 valence electrons. The van der Waals surface area contributed by atoms with Crippen LogP contribution >= 0.6 is 0 Å². The van der Waals surface area contributed by atoms with Gasteiger partial charge in [-0.1, -0.05) is 103 Å². The van der Waals surface area contributed by atoms with Gasteiger partial charge in [0.1, 0.15) is 11.2 Å². The monoisotopic (exact) mass is 576 g/mol. The van der Waals surface area contributed by atoms with Crippen molar-refractivity contribution in [2.75, 3.05) is 4.90 Å². The molecule has 0 amide bonds. The molecule has 45 heavy (non-hydrogen) atoms. The summed E-state index contributed by atoms with van der Waals surface area (Å²) in [7, 11) is 0. The van der Waals surface area contributed by atoms with Crippen LogP contribution in [0.5, 0.6) is 0 Å². The summed E-state index contributed by atoms with van der Waals surface area (Å²) in [5.74, 6) is 0. The molecule has 0 atom stereocenters. The van der Waals surface area contributed by atoms with Gasteiger partial charge in [-0.15, -0.1) is 0 Å². The number of rotatable bonds is 5. The van der Waals surface area contributed by atoms with Gasteiger partial charge in [-0.25, -0.2) is 0 Å². The van der Waals surface area contributed by atoms with Gasteiger partial charge in [0.25, 0.3) is 0 Å². The average Bonchev–Trinajstić information content (AvgIpc) is 3.65. The van der Waals surface area contributed by atoms with E-state index in [1.54, 1.807) is 0 Å². The molecular weight excluding hydrogens is 548 g/mol. The molecule has 0 unspecified atom stereocenters. The first-order valence-electron chi connectivity index (χ1n) is 15.3. The van der Waals surface area contributed by atoms with Crippen molar-refractivity contribution in [3.63, 3.8) is 0 Å². The summed E-state index contributed by atoms with van der Waals surface area (Å²) in [5.41, 5.74) is 10.7. The molecule has 0 N–H and O–H groups in total. The van der Waals surface area contributed by atoms with Crippen LogP contribution in [0.1, 0.15) is 0 Å². The summed E-state index contributed by atoms with van der Waals surface area (Å²) in [6.07, 6.45) is 0. The first-order chi connectivity index (χ1) is 22.3. The van der Waals surface area contributed by atoms with Crippen molar-refractivity contribution in [1.82, 2.24) is 4.57 Å². The fourth-order valence-electron chi connectivity index (χ4n) is 6.77. The Labute approximate surface area is 260 Å². The molecule has 2 aromatic heterocycles. The van der Waals surface area contributed by atoms with Crippen molar-refractivity contribution in [3.05, 3.63) is 170 Å². The summed E-state index contributed by atoms with van der Waals surface area (Å²) in [6.45, 7) is 0. The first-order valence-corrected chi connectivity index (χ1v) is 15.3. The van der Waals surface area contributed by atoms with Crippen molar-refractivity contribution >= 4 is 60.8 Å². The summed E-state index contributed by atoms with van der Waals surface area (Å²) < 4.78 is 9.00. The molecule has 0 aliphatic carbocycles. The number of nitrogens with zero attached hydrogens (tertiary/aromatic N) is 2. The van der Waals surface area contributed by atoms with E-state index in [1.165, 1.54) is 21.8 Å². The zero-order valence-corrected chi connectivity index (χ0v) is 24.5. The van der Waals surface area contributed by atoms with Crippen molar-refractivity contribution in [2.45, 2.75) is 0 Å². The standard InChI is InChI=1S/C42H28N2O/c1-3-15-30(16-4-1)43(31-17-5-2-6-18-31)33-27-37(42-38(28-33)36-22-9-12-25-41(36)45-42)29-14-13-19-32(26-29)44-39-23-10-7-20-34(39)35-21-8-11-24-40(35)44/h1-28H. The van der Waals surface area contributed by atoms with Crippen LogP contribution in [0.25, 0.3) is 60.6 Å². The van der Waals surface area contributed by atoms with Gasteiger partial charge in [0.05, 0.1) is 11.0 Å². The normalized spacial score (nSPS) is 11.6. The van der Waals surface area contributed by atoms with Crippen LogP contribution < -0.4 is 4.90 Å². The van der Waals surface area contributed by atoms with Gasteiger partial charge in [0.15, 0.2) is 0 Å². The van der Waals surface area contributed by atoms with E-state index in [0.29, 0.717) is 0 Å². The van der Waals surface area contributed by atoms with E-state index in [-0.39, 0.29) is 0 Å². The molecule has 7 aromatic carbocycles. The third kappa shape index (κ3) is 4.13. The fourth-order valence-corrected chi connectivity index (χ4v) is 6.77. The second kappa shape index (κ2) is 10.3. The minimum atomic E-state index is 0.885. The molecular formula is C42H28N2O. The van der Waals surface area contributed by atoms with Crippen LogP contribution in [-0.4, -0.2) is 4.57 Å². The van der Waals surface area contributed by atoms with Crippen LogP contribution in [0.3, 0.4) is 0 Å². The Balaban J connectivity index is 1.32. The number of aromatic nitrogens is 1. The Morgan fingerprint density at radius 1 is 0.422 bits per heavy atom. The van der Waals surface area contributed by atoms with Gasteiger partial charge in [-0.3, -0.25) is 0 Å². The maximum absolute atomic E-state index is 6.63. The number of anilines is 3. The van der Waals surface area contributed by atoms with E-state index in [1.807, 2.05) is 6.07 Å². The van der Waals surface area contributed by atoms with Crippen LogP contribution in [-0.2, 0) is 0 Å². The predicted octanol–water partition coefficient (Wildman–Crippen LogP) is 11.8. The smallest absolute Gasteiger partial charge is 0.143 e. The SMILES string of the molecule is c1ccc(N(c2ccccc2)c2cc(-c3cccc(-n4c5ccccc5c5ccccc54)c3)c3oc4ccccc4c3c2)cc1. The van der Waals surface area contributed by atoms with Crippen LogP contribution in [0, 0.1) is 0 Å². The van der Waals surface area contributed by atoms with Gasteiger partial charge < -0.3 is 13.9 Å². The summed E-state index contributed by atoms with van der Waals surface area (Å²) in [6, 6.07) is 60.1. The third-order valence-corrected chi connectivity index (χ3v) is 8.75. The number of benzene rings is 7. The van der Waals surface area contributed by atoms with Gasteiger partial charge >= 0.3 is 0 Å². The minimum absolute atomic E-state index is 0.885. The van der Waals surface area contributed by atoms with Crippen LogP contribution in [0.15, 0.2) is 174 Å². The van der Waals surface area contributed by atoms with E-state index in [4.69, 9.17) is 4.42 Å². The highest BCUT2D eigenvalue weighted by Crippen LogP contribution is 2.43. The molecule has 3 nitrogen and oxygen atoms in total. The van der Waals surface area contributed by atoms with E-state index in [9.17, 15) is 0 Å². The summed E-state index contributed by atoms with van der Waals surface area (Å²) in [4.78, 5) is 2.32. The molecule has 0 aliphatic rings. The van der Waals surface area contributed by atoms with E-state index in [0.717, 1.165) is 55.8 Å². The van der Waals surface area contributed by atoms with Crippen LogP contribution in [0.2, 0.25) is 0 Å². The Bertz CT molecular complexity index is 2400. The molecule has 9 rings (SSSR count). The van der Waals surface area contributed by atoms with Crippen molar-refractivity contribution in [2.24, 2.45) is 0 Å². The summed E-state index contributed by atoms with van der Waals surface area (Å²) in [5, 5.41) is 4.70. The van der Waals surface area contributed by atoms with E-state index < -0.39 is 0 Å². The number of fused-ring (bicyclic) bond motifs is 6. The van der Waals surface area contributed by atoms with E-state index >= 15 is 0 Å². The Morgan fingerprint density at radius 2 is 1.00 bits per heavy atom. The van der Waals surface area contributed by atoms with E-state index in [2.05, 4.69) is 173 Å². The van der Waals surface area contributed by atoms with Gasteiger partial charge in [-0.05, 0) is 72.3 Å². The maximum atomic E-state index is 6.63. The van der Waals surface area contributed by atoms with Gasteiger partial charge in [-0.2, -0.15) is 0 Å². The Hall–Kier alpha value is -6.06. The quantitative estimate of drug-likeness (QED) is 0.203. The summed E-state index contributed by atoms with van der Waals surface area (Å²) >= 11 is 0. The molecule has 0 bridgehead atoms. The third-order valence-electron chi connectivity index (χ3n) is 8.75. The lowest BCUT2D eigenvalue weighted by Crippen LogP contribution is -2.09. The lowest BCUT2D eigenvalue weighted by atomic mass is 9.99. The zero-order chi connectivity index (χ0) is 29.7. The Kier molecular flexibility index (Phi) is 5.82. The molecule has 0 spiro atoms. The zero-order valence-electron chi connectivity index (χ0n) is 24.5. The largest absolute Gasteiger partial charge is 0.455 e. The number of furan rings is 1. The average molecular weight is 577 g/mol. The molecule has 0 saturated carbocycles. The molecule has 0 aliphatic heterocycles. The Morgan fingerprint density at radius 3 is 1.67 bits per heavy atom. The first kappa shape index (κ1) is 25.4. The van der Waals surface area contributed by atoms with Crippen molar-refractivity contribution in [1.29, 1.82) is 0 Å². The van der Waals surface area contributed by atoms with Crippen molar-refractivity contribution < 1.29 is 4.42 Å². The highest BCUT2D eigenvalue weighted by molar-refractivity contribution is 6.12. The lowest BCUT2D eigenvalue weighted by molar-refractivity contribution is 0.670. The molecule has 0 saturated heterocycles. The minimum Gasteiger partial charge on any atom is -0.455 e. The molecule has 2 heterocycles. The lowest BCUT2D eigenvalue weighted by Gasteiger charge is -2.26. The van der Waals surface area contributed by atoms with Crippen molar-refractivity contribution in [3.8, 4) is 16.8 Å². The maximum Gasteiger partial charge on any atom is 0.143 e. The predicted molar refractivity (Wildman–Crippen MR) is 188 cm³/mol.